The second-order valence-electron chi connectivity index (χ2n) is 5.87. The van der Waals surface area contributed by atoms with Crippen molar-refractivity contribution >= 4 is 17.3 Å². The first-order valence-corrected chi connectivity index (χ1v) is 7.30. The number of nitrogen functional groups attached to an aromatic ring is 1. The highest BCUT2D eigenvalue weighted by molar-refractivity contribution is 5.97. The number of carbonyl (C=O) groups is 1. The number of hydrogen-bond donors (Lipinski definition) is 1. The lowest BCUT2D eigenvalue weighted by Gasteiger charge is -2.23. The average Bonchev–Trinajstić information content (AvgIpc) is 2.73. The zero-order valence-corrected chi connectivity index (χ0v) is 12.5. The van der Waals surface area contributed by atoms with E-state index in [-0.39, 0.29) is 11.9 Å². The van der Waals surface area contributed by atoms with Crippen LogP contribution in [0.5, 0.6) is 0 Å². The summed E-state index contributed by atoms with van der Waals surface area (Å²) in [5, 5.41) is 0. The van der Waals surface area contributed by atoms with E-state index in [0.29, 0.717) is 6.42 Å². The van der Waals surface area contributed by atoms with Crippen molar-refractivity contribution in [2.24, 2.45) is 0 Å². The van der Waals surface area contributed by atoms with Gasteiger partial charge in [-0.25, -0.2) is 0 Å². The van der Waals surface area contributed by atoms with Gasteiger partial charge in [-0.3, -0.25) is 4.79 Å². The summed E-state index contributed by atoms with van der Waals surface area (Å²) < 4.78 is 0. The number of anilines is 2. The first-order valence-electron chi connectivity index (χ1n) is 7.30. The van der Waals surface area contributed by atoms with E-state index in [2.05, 4.69) is 13.0 Å². The minimum absolute atomic E-state index is 0.150. The molecule has 0 fully saturated rings. The van der Waals surface area contributed by atoms with Crippen LogP contribution in [0, 0.1) is 6.92 Å². The van der Waals surface area contributed by atoms with E-state index in [9.17, 15) is 4.79 Å². The third kappa shape index (κ3) is 2.64. The molecule has 0 saturated heterocycles. The maximum absolute atomic E-state index is 12.7. The molecule has 2 aromatic carbocycles. The van der Waals surface area contributed by atoms with Gasteiger partial charge in [-0.15, -0.1) is 0 Å². The molecule has 3 nitrogen and oxygen atoms in total. The molecule has 0 spiro atoms. The van der Waals surface area contributed by atoms with E-state index in [1.165, 1.54) is 11.1 Å². The molecule has 0 aliphatic carbocycles. The number of aryl methyl sites for hydroxylation is 1. The predicted octanol–water partition coefficient (Wildman–Crippen LogP) is 3.10. The minimum atomic E-state index is 0.150. The van der Waals surface area contributed by atoms with Crippen molar-refractivity contribution in [1.82, 2.24) is 0 Å². The van der Waals surface area contributed by atoms with Gasteiger partial charge in [-0.1, -0.05) is 29.8 Å². The molecule has 3 rings (SSSR count). The standard InChI is InChI=1S/C18H20N2O/c1-12-4-3-5-14(8-12)10-18(21)20-13(2)9-15-11-16(19)6-7-17(15)20/h3-8,11,13H,9-10,19H2,1-2H3. The predicted molar refractivity (Wildman–Crippen MR) is 86.4 cm³/mol. The molecule has 3 heteroatoms. The molecule has 0 radical (unpaired) electrons. The van der Waals surface area contributed by atoms with E-state index in [4.69, 9.17) is 5.73 Å². The summed E-state index contributed by atoms with van der Waals surface area (Å²) in [4.78, 5) is 14.6. The van der Waals surface area contributed by atoms with Crippen molar-refractivity contribution < 1.29 is 4.79 Å². The zero-order valence-electron chi connectivity index (χ0n) is 12.5. The number of amides is 1. The highest BCUT2D eigenvalue weighted by atomic mass is 16.2. The van der Waals surface area contributed by atoms with Crippen LogP contribution in [0.1, 0.15) is 23.6 Å². The summed E-state index contributed by atoms with van der Waals surface area (Å²) in [5.74, 6) is 0.150. The molecule has 1 atom stereocenters. The molecule has 108 valence electrons. The SMILES string of the molecule is Cc1cccc(CC(=O)N2c3ccc(N)cc3CC2C)c1. The van der Waals surface area contributed by atoms with Gasteiger partial charge >= 0.3 is 0 Å². The third-order valence-electron chi connectivity index (χ3n) is 4.03. The van der Waals surface area contributed by atoms with Gasteiger partial charge in [0.1, 0.15) is 0 Å². The second kappa shape index (κ2) is 5.24. The molecule has 0 saturated carbocycles. The van der Waals surface area contributed by atoms with Crippen LogP contribution in [0.2, 0.25) is 0 Å². The van der Waals surface area contributed by atoms with Gasteiger partial charge in [0.25, 0.3) is 0 Å². The summed E-state index contributed by atoms with van der Waals surface area (Å²) in [6, 6.07) is 14.1. The maximum atomic E-state index is 12.7. The van der Waals surface area contributed by atoms with Crippen LogP contribution in [0.25, 0.3) is 0 Å². The van der Waals surface area contributed by atoms with E-state index >= 15 is 0 Å². The van der Waals surface area contributed by atoms with Gasteiger partial charge in [0, 0.05) is 17.4 Å². The topological polar surface area (TPSA) is 46.3 Å². The first-order chi connectivity index (χ1) is 10.0. The molecule has 2 N–H and O–H groups in total. The molecular weight excluding hydrogens is 260 g/mol. The molecule has 0 bridgehead atoms. The Labute approximate surface area is 125 Å². The molecule has 21 heavy (non-hydrogen) atoms. The number of benzene rings is 2. The van der Waals surface area contributed by atoms with Crippen LogP contribution >= 0.6 is 0 Å². The van der Waals surface area contributed by atoms with Crippen molar-refractivity contribution in [3.05, 3.63) is 59.2 Å². The molecule has 2 aromatic rings. The fraction of sp³-hybridized carbons (Fsp3) is 0.278. The number of hydrogen-bond acceptors (Lipinski definition) is 2. The Hall–Kier alpha value is -2.29. The Bertz CT molecular complexity index is 693. The highest BCUT2D eigenvalue weighted by Gasteiger charge is 2.30. The lowest BCUT2D eigenvalue weighted by molar-refractivity contribution is -0.118. The molecular formula is C18H20N2O. The summed E-state index contributed by atoms with van der Waals surface area (Å²) in [5.41, 5.74) is 11.0. The van der Waals surface area contributed by atoms with Crippen LogP contribution in [-0.4, -0.2) is 11.9 Å². The first kappa shape index (κ1) is 13.7. The van der Waals surface area contributed by atoms with Crippen molar-refractivity contribution in [2.75, 3.05) is 10.6 Å². The molecule has 1 heterocycles. The van der Waals surface area contributed by atoms with Gasteiger partial charge < -0.3 is 10.6 Å². The smallest absolute Gasteiger partial charge is 0.231 e. The fourth-order valence-electron chi connectivity index (χ4n) is 3.11. The zero-order chi connectivity index (χ0) is 15.0. The number of nitrogens with two attached hydrogens (primary N) is 1. The molecule has 1 unspecified atom stereocenters. The highest BCUT2D eigenvalue weighted by Crippen LogP contribution is 2.33. The van der Waals surface area contributed by atoms with E-state index < -0.39 is 0 Å². The van der Waals surface area contributed by atoms with Crippen molar-refractivity contribution in [2.45, 2.75) is 32.7 Å². The minimum Gasteiger partial charge on any atom is -0.399 e. The van der Waals surface area contributed by atoms with E-state index in [0.717, 1.165) is 23.4 Å². The van der Waals surface area contributed by atoms with Crippen LogP contribution in [0.4, 0.5) is 11.4 Å². The Morgan fingerprint density at radius 3 is 2.86 bits per heavy atom. The van der Waals surface area contributed by atoms with Crippen molar-refractivity contribution in [3.63, 3.8) is 0 Å². The van der Waals surface area contributed by atoms with Gasteiger partial charge in [0.2, 0.25) is 5.91 Å². The Morgan fingerprint density at radius 2 is 2.10 bits per heavy atom. The quantitative estimate of drug-likeness (QED) is 0.859. The summed E-state index contributed by atoms with van der Waals surface area (Å²) in [6.45, 7) is 4.13. The lowest BCUT2D eigenvalue weighted by atomic mass is 10.1. The third-order valence-corrected chi connectivity index (χ3v) is 4.03. The molecule has 1 amide bonds. The van der Waals surface area contributed by atoms with E-state index in [1.54, 1.807) is 0 Å². The van der Waals surface area contributed by atoms with Gasteiger partial charge in [0.05, 0.1) is 6.42 Å². The average molecular weight is 280 g/mol. The van der Waals surface area contributed by atoms with Crippen LogP contribution < -0.4 is 10.6 Å². The summed E-state index contributed by atoms with van der Waals surface area (Å²) in [7, 11) is 0. The van der Waals surface area contributed by atoms with Crippen molar-refractivity contribution in [1.29, 1.82) is 0 Å². The summed E-state index contributed by atoms with van der Waals surface area (Å²) >= 11 is 0. The summed E-state index contributed by atoms with van der Waals surface area (Å²) in [6.07, 6.45) is 1.32. The fourth-order valence-corrected chi connectivity index (χ4v) is 3.11. The Kier molecular flexibility index (Phi) is 3.42. The number of nitrogens with zero attached hydrogens (tertiary/aromatic N) is 1. The van der Waals surface area contributed by atoms with Gasteiger partial charge in [0.15, 0.2) is 0 Å². The lowest BCUT2D eigenvalue weighted by Crippen LogP contribution is -2.36. The maximum Gasteiger partial charge on any atom is 0.231 e. The van der Waals surface area contributed by atoms with Gasteiger partial charge in [-0.05, 0) is 49.6 Å². The largest absolute Gasteiger partial charge is 0.399 e. The molecule has 0 aromatic heterocycles. The van der Waals surface area contributed by atoms with Crippen molar-refractivity contribution in [3.8, 4) is 0 Å². The monoisotopic (exact) mass is 280 g/mol. The Balaban J connectivity index is 1.85. The molecule has 1 aliphatic rings. The molecule has 1 aliphatic heterocycles. The van der Waals surface area contributed by atoms with Crippen LogP contribution in [0.15, 0.2) is 42.5 Å². The second-order valence-corrected chi connectivity index (χ2v) is 5.87. The number of rotatable bonds is 2. The van der Waals surface area contributed by atoms with Gasteiger partial charge in [-0.2, -0.15) is 0 Å². The Morgan fingerprint density at radius 1 is 1.29 bits per heavy atom. The number of fused-ring (bicyclic) bond motifs is 1. The number of carbonyl (C=O) groups excluding carboxylic acids is 1. The van der Waals surface area contributed by atoms with E-state index in [1.807, 2.05) is 48.2 Å². The van der Waals surface area contributed by atoms with Crippen LogP contribution in [-0.2, 0) is 17.6 Å². The van der Waals surface area contributed by atoms with Crippen LogP contribution in [0.3, 0.4) is 0 Å². The normalized spacial score (nSPS) is 16.9.